The molecule has 1 aromatic carbocycles. The first-order chi connectivity index (χ1) is 8.34. The minimum atomic E-state index is 1.00. The average molecular weight is 220 g/mol. The minimum Gasteiger partial charge on any atom is -0.256 e. The maximum atomic E-state index is 4.57. The summed E-state index contributed by atoms with van der Waals surface area (Å²) in [6, 6.07) is 16.2. The van der Waals surface area contributed by atoms with Crippen molar-refractivity contribution in [2.24, 2.45) is 0 Å². The van der Waals surface area contributed by atoms with Gasteiger partial charge in [-0.15, -0.1) is 0 Å². The average Bonchev–Trinajstić information content (AvgIpc) is 2.38. The van der Waals surface area contributed by atoms with Gasteiger partial charge in [0.15, 0.2) is 0 Å². The van der Waals surface area contributed by atoms with Gasteiger partial charge >= 0.3 is 0 Å². The van der Waals surface area contributed by atoms with Crippen LogP contribution in [-0.2, 0) is 0 Å². The molecule has 17 heavy (non-hydrogen) atoms. The fourth-order valence-corrected chi connectivity index (χ4v) is 2.01. The van der Waals surface area contributed by atoms with Gasteiger partial charge in [-0.25, -0.2) is 0 Å². The van der Waals surface area contributed by atoms with Crippen molar-refractivity contribution < 1.29 is 0 Å². The van der Waals surface area contributed by atoms with E-state index in [1.807, 2.05) is 55.6 Å². The summed E-state index contributed by atoms with van der Waals surface area (Å²) in [5.74, 6) is 0. The fourth-order valence-electron chi connectivity index (χ4n) is 2.01. The summed E-state index contributed by atoms with van der Waals surface area (Å²) in [4.78, 5) is 8.93. The number of nitrogens with zero attached hydrogens (tertiary/aromatic N) is 2. The van der Waals surface area contributed by atoms with E-state index in [0.717, 1.165) is 27.9 Å². The maximum Gasteiger partial charge on any atom is 0.0712 e. The first-order valence-electron chi connectivity index (χ1n) is 5.62. The number of aromatic nitrogens is 2. The molecule has 0 radical (unpaired) electrons. The van der Waals surface area contributed by atoms with E-state index in [1.54, 1.807) is 0 Å². The van der Waals surface area contributed by atoms with Crippen LogP contribution in [0.15, 0.2) is 54.7 Å². The van der Waals surface area contributed by atoms with Crippen molar-refractivity contribution in [3.63, 3.8) is 0 Å². The SMILES string of the molecule is Cc1cccc(-c2ccnc3ccccc23)n1. The van der Waals surface area contributed by atoms with Crippen molar-refractivity contribution >= 4 is 10.9 Å². The van der Waals surface area contributed by atoms with Crippen LogP contribution in [0.5, 0.6) is 0 Å². The monoisotopic (exact) mass is 220 g/mol. The van der Waals surface area contributed by atoms with Crippen LogP contribution >= 0.6 is 0 Å². The van der Waals surface area contributed by atoms with Crippen molar-refractivity contribution in [2.75, 3.05) is 0 Å². The van der Waals surface area contributed by atoms with Gasteiger partial charge in [0.25, 0.3) is 0 Å². The predicted octanol–water partition coefficient (Wildman–Crippen LogP) is 3.61. The lowest BCUT2D eigenvalue weighted by molar-refractivity contribution is 1.21. The quantitative estimate of drug-likeness (QED) is 0.626. The Bertz CT molecular complexity index is 669. The molecule has 0 spiro atoms. The van der Waals surface area contributed by atoms with Gasteiger partial charge in [-0.3, -0.25) is 9.97 Å². The molecule has 2 heterocycles. The third-order valence-corrected chi connectivity index (χ3v) is 2.81. The molecule has 2 aromatic heterocycles. The van der Waals surface area contributed by atoms with Gasteiger partial charge in [-0.1, -0.05) is 24.3 Å². The number of fused-ring (bicyclic) bond motifs is 1. The van der Waals surface area contributed by atoms with Gasteiger partial charge in [0.1, 0.15) is 0 Å². The molecule has 0 saturated carbocycles. The lowest BCUT2D eigenvalue weighted by Gasteiger charge is -2.05. The number of benzene rings is 1. The van der Waals surface area contributed by atoms with Crippen LogP contribution in [0.2, 0.25) is 0 Å². The summed E-state index contributed by atoms with van der Waals surface area (Å²) in [5.41, 5.74) is 4.18. The van der Waals surface area contributed by atoms with Crippen LogP contribution in [0.3, 0.4) is 0 Å². The Labute approximate surface area is 100.0 Å². The lowest BCUT2D eigenvalue weighted by atomic mass is 10.1. The molecule has 0 unspecified atom stereocenters. The zero-order valence-corrected chi connectivity index (χ0v) is 9.59. The Balaban J connectivity index is 2.30. The molecule has 0 fully saturated rings. The predicted molar refractivity (Wildman–Crippen MR) is 69.7 cm³/mol. The molecule has 3 aromatic rings. The van der Waals surface area contributed by atoms with Crippen molar-refractivity contribution in [1.29, 1.82) is 0 Å². The molecule has 3 rings (SSSR count). The number of rotatable bonds is 1. The van der Waals surface area contributed by atoms with E-state index >= 15 is 0 Å². The Hall–Kier alpha value is -2.22. The molecule has 82 valence electrons. The normalized spacial score (nSPS) is 10.6. The third-order valence-electron chi connectivity index (χ3n) is 2.81. The number of pyridine rings is 2. The Kier molecular flexibility index (Phi) is 2.33. The van der Waals surface area contributed by atoms with Crippen molar-refractivity contribution in [3.05, 3.63) is 60.4 Å². The largest absolute Gasteiger partial charge is 0.256 e. The van der Waals surface area contributed by atoms with E-state index < -0.39 is 0 Å². The summed E-state index contributed by atoms with van der Waals surface area (Å²) in [6.07, 6.45) is 1.84. The second-order valence-corrected chi connectivity index (χ2v) is 4.04. The third kappa shape index (κ3) is 1.78. The van der Waals surface area contributed by atoms with Gasteiger partial charge < -0.3 is 0 Å². The van der Waals surface area contributed by atoms with E-state index in [4.69, 9.17) is 0 Å². The highest BCUT2D eigenvalue weighted by molar-refractivity contribution is 5.93. The van der Waals surface area contributed by atoms with Crippen LogP contribution in [0.25, 0.3) is 22.2 Å². The van der Waals surface area contributed by atoms with Gasteiger partial charge in [0.05, 0.1) is 11.2 Å². The Morgan fingerprint density at radius 1 is 0.882 bits per heavy atom. The molecule has 0 N–H and O–H groups in total. The summed E-state index contributed by atoms with van der Waals surface area (Å²) >= 11 is 0. The second kappa shape index (κ2) is 3.98. The molecule has 0 bridgehead atoms. The topological polar surface area (TPSA) is 25.8 Å². The first kappa shape index (κ1) is 9.97. The van der Waals surface area contributed by atoms with E-state index in [-0.39, 0.29) is 0 Å². The molecular formula is C15H12N2. The number of hydrogen-bond acceptors (Lipinski definition) is 2. The molecular weight excluding hydrogens is 208 g/mol. The molecule has 0 saturated heterocycles. The summed E-state index contributed by atoms with van der Waals surface area (Å²) in [7, 11) is 0. The van der Waals surface area contributed by atoms with Crippen molar-refractivity contribution in [3.8, 4) is 11.3 Å². The Morgan fingerprint density at radius 3 is 2.65 bits per heavy atom. The molecule has 0 aliphatic heterocycles. The molecule has 0 amide bonds. The zero-order chi connectivity index (χ0) is 11.7. The van der Waals surface area contributed by atoms with E-state index in [1.165, 1.54) is 0 Å². The van der Waals surface area contributed by atoms with Gasteiger partial charge in [0.2, 0.25) is 0 Å². The highest BCUT2D eigenvalue weighted by Gasteiger charge is 2.04. The standard InChI is InChI=1S/C15H12N2/c1-11-5-4-8-15(17-11)13-9-10-16-14-7-3-2-6-12(13)14/h2-10H,1H3. The van der Waals surface area contributed by atoms with Crippen LogP contribution in [0.4, 0.5) is 0 Å². The maximum absolute atomic E-state index is 4.57. The van der Waals surface area contributed by atoms with Crippen LogP contribution in [0, 0.1) is 6.92 Å². The number of aryl methyl sites for hydroxylation is 1. The molecule has 2 heteroatoms. The van der Waals surface area contributed by atoms with E-state index in [0.29, 0.717) is 0 Å². The smallest absolute Gasteiger partial charge is 0.0712 e. The summed E-state index contributed by atoms with van der Waals surface area (Å²) in [5, 5.41) is 1.15. The highest BCUT2D eigenvalue weighted by atomic mass is 14.7. The highest BCUT2D eigenvalue weighted by Crippen LogP contribution is 2.25. The molecule has 2 nitrogen and oxygen atoms in total. The summed E-state index contributed by atoms with van der Waals surface area (Å²) < 4.78 is 0. The molecule has 0 aliphatic rings. The fraction of sp³-hybridized carbons (Fsp3) is 0.0667. The molecule has 0 aliphatic carbocycles. The van der Waals surface area contributed by atoms with Crippen molar-refractivity contribution in [2.45, 2.75) is 6.92 Å². The van der Waals surface area contributed by atoms with Crippen LogP contribution in [0.1, 0.15) is 5.69 Å². The van der Waals surface area contributed by atoms with Crippen molar-refractivity contribution in [1.82, 2.24) is 9.97 Å². The van der Waals surface area contributed by atoms with E-state index in [9.17, 15) is 0 Å². The van der Waals surface area contributed by atoms with Crippen LogP contribution in [-0.4, -0.2) is 9.97 Å². The number of hydrogen-bond donors (Lipinski definition) is 0. The second-order valence-electron chi connectivity index (χ2n) is 4.04. The van der Waals surface area contributed by atoms with Crippen LogP contribution < -0.4 is 0 Å². The minimum absolute atomic E-state index is 1.00. The van der Waals surface area contributed by atoms with Gasteiger partial charge in [-0.05, 0) is 31.2 Å². The Morgan fingerprint density at radius 2 is 1.76 bits per heavy atom. The lowest BCUT2D eigenvalue weighted by Crippen LogP contribution is -1.88. The van der Waals surface area contributed by atoms with Gasteiger partial charge in [-0.2, -0.15) is 0 Å². The van der Waals surface area contributed by atoms with Gasteiger partial charge in [0, 0.05) is 22.8 Å². The molecule has 0 atom stereocenters. The zero-order valence-electron chi connectivity index (χ0n) is 9.59. The summed E-state index contributed by atoms with van der Waals surface area (Å²) in [6.45, 7) is 2.01. The number of para-hydroxylation sites is 1. The first-order valence-corrected chi connectivity index (χ1v) is 5.62. The van der Waals surface area contributed by atoms with E-state index in [2.05, 4.69) is 16.0 Å².